The lowest BCUT2D eigenvalue weighted by molar-refractivity contribution is -0.143. The van der Waals surface area contributed by atoms with Crippen molar-refractivity contribution >= 4 is 5.97 Å². The first-order valence-electron chi connectivity index (χ1n) is 4.78. The molecule has 0 spiro atoms. The highest BCUT2D eigenvalue weighted by Crippen LogP contribution is 2.49. The minimum atomic E-state index is -0.810. The third kappa shape index (κ3) is 1.75. The molecule has 1 aromatic carbocycles. The van der Waals surface area contributed by atoms with Crippen LogP contribution in [0.15, 0.2) is 18.2 Å². The summed E-state index contributed by atoms with van der Waals surface area (Å²) in [4.78, 5) is 10.9. The summed E-state index contributed by atoms with van der Waals surface area (Å²) in [6.45, 7) is 0. The highest BCUT2D eigenvalue weighted by Gasteiger charge is 2.50. The van der Waals surface area contributed by atoms with Gasteiger partial charge >= 0.3 is 5.97 Å². The first kappa shape index (κ1) is 9.83. The monoisotopic (exact) mass is 208 g/mol. The van der Waals surface area contributed by atoms with Crippen LogP contribution in [0.1, 0.15) is 18.4 Å². The largest absolute Gasteiger partial charge is 0.508 e. The number of phenolic OH excluding ortho intramolecular Hbond substituents is 2. The summed E-state index contributed by atoms with van der Waals surface area (Å²) in [5, 5.41) is 27.6. The second-order valence-corrected chi connectivity index (χ2v) is 4.08. The molecule has 2 rings (SSSR count). The van der Waals surface area contributed by atoms with Crippen molar-refractivity contribution in [3.05, 3.63) is 23.8 Å². The molecule has 0 atom stereocenters. The molecule has 4 nitrogen and oxygen atoms in total. The van der Waals surface area contributed by atoms with Crippen LogP contribution in [-0.4, -0.2) is 21.3 Å². The highest BCUT2D eigenvalue weighted by atomic mass is 16.4. The van der Waals surface area contributed by atoms with E-state index in [-0.39, 0.29) is 11.5 Å². The maximum absolute atomic E-state index is 10.9. The van der Waals surface area contributed by atoms with Crippen molar-refractivity contribution in [3.8, 4) is 11.5 Å². The van der Waals surface area contributed by atoms with Crippen molar-refractivity contribution in [3.63, 3.8) is 0 Å². The van der Waals surface area contributed by atoms with Gasteiger partial charge in [0.05, 0.1) is 5.41 Å². The zero-order valence-corrected chi connectivity index (χ0v) is 8.10. The number of phenols is 2. The average Bonchev–Trinajstić information content (AvgIpc) is 2.91. The van der Waals surface area contributed by atoms with E-state index in [2.05, 4.69) is 0 Å². The van der Waals surface area contributed by atoms with E-state index in [1.54, 1.807) is 6.07 Å². The van der Waals surface area contributed by atoms with Crippen LogP contribution in [0.3, 0.4) is 0 Å². The Hall–Kier alpha value is -1.71. The van der Waals surface area contributed by atoms with Crippen molar-refractivity contribution in [1.82, 2.24) is 0 Å². The first-order chi connectivity index (χ1) is 7.03. The van der Waals surface area contributed by atoms with Crippen molar-refractivity contribution in [2.75, 3.05) is 0 Å². The third-order valence-corrected chi connectivity index (χ3v) is 2.90. The standard InChI is InChI=1S/C11H12O4/c12-8-2-1-7(9(13)5-8)6-11(3-4-11)10(14)15/h1-2,5,12-13H,3-4,6H2,(H,14,15). The Morgan fingerprint density at radius 2 is 2.00 bits per heavy atom. The minimum absolute atomic E-state index is 0.0172. The summed E-state index contributed by atoms with van der Waals surface area (Å²) in [5.74, 6) is -0.867. The Bertz CT molecular complexity index is 407. The molecule has 1 aliphatic rings. The van der Waals surface area contributed by atoms with Crippen LogP contribution in [0.4, 0.5) is 0 Å². The van der Waals surface area contributed by atoms with Crippen LogP contribution in [0.2, 0.25) is 0 Å². The lowest BCUT2D eigenvalue weighted by atomic mass is 9.96. The summed E-state index contributed by atoms with van der Waals surface area (Å²) < 4.78 is 0. The number of rotatable bonds is 3. The van der Waals surface area contributed by atoms with Gasteiger partial charge in [0.15, 0.2) is 0 Å². The predicted molar refractivity (Wildman–Crippen MR) is 52.8 cm³/mol. The van der Waals surface area contributed by atoms with Crippen molar-refractivity contribution in [2.24, 2.45) is 5.41 Å². The number of carbonyl (C=O) groups is 1. The predicted octanol–water partition coefficient (Wildman–Crippen LogP) is 1.51. The van der Waals surface area contributed by atoms with Crippen molar-refractivity contribution in [1.29, 1.82) is 0 Å². The van der Waals surface area contributed by atoms with E-state index in [0.29, 0.717) is 24.8 Å². The van der Waals surface area contributed by atoms with Crippen molar-refractivity contribution in [2.45, 2.75) is 19.3 Å². The fourth-order valence-electron chi connectivity index (χ4n) is 1.68. The quantitative estimate of drug-likeness (QED) is 0.703. The van der Waals surface area contributed by atoms with E-state index >= 15 is 0 Å². The molecule has 0 aliphatic heterocycles. The molecule has 1 aliphatic carbocycles. The Morgan fingerprint density at radius 3 is 2.47 bits per heavy atom. The summed E-state index contributed by atoms with van der Waals surface area (Å²) >= 11 is 0. The van der Waals surface area contributed by atoms with Gasteiger partial charge in [0.1, 0.15) is 11.5 Å². The molecule has 0 amide bonds. The zero-order valence-electron chi connectivity index (χ0n) is 8.10. The maximum Gasteiger partial charge on any atom is 0.309 e. The average molecular weight is 208 g/mol. The second-order valence-electron chi connectivity index (χ2n) is 4.08. The van der Waals surface area contributed by atoms with Gasteiger partial charge in [0.2, 0.25) is 0 Å². The summed E-state index contributed by atoms with van der Waals surface area (Å²) in [7, 11) is 0. The number of aliphatic carboxylic acids is 1. The molecule has 15 heavy (non-hydrogen) atoms. The van der Waals surface area contributed by atoms with E-state index < -0.39 is 11.4 Å². The minimum Gasteiger partial charge on any atom is -0.508 e. The van der Waals surface area contributed by atoms with E-state index in [9.17, 15) is 9.90 Å². The van der Waals surface area contributed by atoms with E-state index in [1.165, 1.54) is 12.1 Å². The summed E-state index contributed by atoms with van der Waals surface area (Å²) in [5.41, 5.74) is -0.109. The number of aromatic hydroxyl groups is 2. The third-order valence-electron chi connectivity index (χ3n) is 2.90. The summed E-state index contributed by atoms with van der Waals surface area (Å²) in [6, 6.07) is 4.24. The van der Waals surface area contributed by atoms with Gasteiger partial charge in [-0.15, -0.1) is 0 Å². The Balaban J connectivity index is 2.21. The fourth-order valence-corrected chi connectivity index (χ4v) is 1.68. The number of carboxylic acid groups (broad SMARTS) is 1. The van der Waals surface area contributed by atoms with Crippen LogP contribution >= 0.6 is 0 Å². The molecular formula is C11H12O4. The molecule has 0 saturated heterocycles. The Labute approximate surface area is 86.8 Å². The molecule has 0 bridgehead atoms. The summed E-state index contributed by atoms with van der Waals surface area (Å²) in [6.07, 6.45) is 1.64. The Kier molecular flexibility index (Phi) is 2.07. The lowest BCUT2D eigenvalue weighted by Crippen LogP contribution is -2.17. The van der Waals surface area contributed by atoms with Crippen molar-refractivity contribution < 1.29 is 20.1 Å². The topological polar surface area (TPSA) is 77.8 Å². The fraction of sp³-hybridized carbons (Fsp3) is 0.364. The van der Waals surface area contributed by atoms with Gasteiger partial charge in [0.25, 0.3) is 0 Å². The Morgan fingerprint density at radius 1 is 1.33 bits per heavy atom. The molecule has 0 unspecified atom stereocenters. The van der Waals surface area contributed by atoms with Crippen LogP contribution in [0, 0.1) is 5.41 Å². The smallest absolute Gasteiger partial charge is 0.309 e. The van der Waals surface area contributed by atoms with Gasteiger partial charge in [-0.3, -0.25) is 4.79 Å². The van der Waals surface area contributed by atoms with E-state index in [0.717, 1.165) is 0 Å². The molecular weight excluding hydrogens is 196 g/mol. The molecule has 0 aromatic heterocycles. The van der Waals surface area contributed by atoms with E-state index in [1.807, 2.05) is 0 Å². The lowest BCUT2D eigenvalue weighted by Gasteiger charge is -2.10. The van der Waals surface area contributed by atoms with Crippen LogP contribution in [0.5, 0.6) is 11.5 Å². The molecule has 0 radical (unpaired) electrons. The van der Waals surface area contributed by atoms with Gasteiger partial charge in [-0.25, -0.2) is 0 Å². The molecule has 1 saturated carbocycles. The van der Waals surface area contributed by atoms with Gasteiger partial charge < -0.3 is 15.3 Å². The van der Waals surface area contributed by atoms with Crippen LogP contribution < -0.4 is 0 Å². The molecule has 4 heteroatoms. The normalized spacial score (nSPS) is 17.3. The SMILES string of the molecule is O=C(O)C1(Cc2ccc(O)cc2O)CC1. The highest BCUT2D eigenvalue weighted by molar-refractivity contribution is 5.78. The molecule has 80 valence electrons. The second kappa shape index (κ2) is 3.15. The number of hydrogen-bond acceptors (Lipinski definition) is 3. The van der Waals surface area contributed by atoms with Gasteiger partial charge in [-0.2, -0.15) is 0 Å². The number of carboxylic acids is 1. The van der Waals surface area contributed by atoms with Gasteiger partial charge in [-0.05, 0) is 30.9 Å². The maximum atomic E-state index is 10.9. The molecule has 0 heterocycles. The number of benzene rings is 1. The number of hydrogen-bond donors (Lipinski definition) is 3. The molecule has 1 aromatic rings. The van der Waals surface area contributed by atoms with Crippen LogP contribution in [0.25, 0.3) is 0 Å². The zero-order chi connectivity index (χ0) is 11.1. The molecule has 3 N–H and O–H groups in total. The van der Waals surface area contributed by atoms with Crippen LogP contribution in [-0.2, 0) is 11.2 Å². The van der Waals surface area contributed by atoms with Gasteiger partial charge in [0, 0.05) is 6.07 Å². The first-order valence-corrected chi connectivity index (χ1v) is 4.78. The molecule has 1 fully saturated rings. The van der Waals surface area contributed by atoms with Gasteiger partial charge in [-0.1, -0.05) is 6.07 Å². The van der Waals surface area contributed by atoms with E-state index in [4.69, 9.17) is 10.2 Å².